The van der Waals surface area contributed by atoms with Gasteiger partial charge in [0.2, 0.25) is 0 Å². The highest BCUT2D eigenvalue weighted by Crippen LogP contribution is 2.10. The van der Waals surface area contributed by atoms with Crippen LogP contribution in [0.25, 0.3) is 0 Å². The number of rotatable bonds is 3. The first-order valence-electron chi connectivity index (χ1n) is 4.96. The minimum atomic E-state index is -0.404. The summed E-state index contributed by atoms with van der Waals surface area (Å²) in [5.74, 6) is -0.207. The van der Waals surface area contributed by atoms with Crippen molar-refractivity contribution in [3.63, 3.8) is 0 Å². The van der Waals surface area contributed by atoms with Gasteiger partial charge in [0.1, 0.15) is 5.60 Å². The van der Waals surface area contributed by atoms with Crippen LogP contribution in [-0.2, 0) is 14.3 Å². The standard InChI is InChI=1S/C11H22O3/c1-10(2,3)13-8-7-9(12)14-11(4,5)6/h7-8H2,1-6H3. The van der Waals surface area contributed by atoms with E-state index in [9.17, 15) is 4.79 Å². The second kappa shape index (κ2) is 4.78. The second-order valence-corrected chi connectivity index (χ2v) is 5.30. The van der Waals surface area contributed by atoms with E-state index in [4.69, 9.17) is 9.47 Å². The molecule has 0 radical (unpaired) electrons. The van der Waals surface area contributed by atoms with Crippen molar-refractivity contribution in [2.75, 3.05) is 6.61 Å². The first kappa shape index (κ1) is 13.4. The van der Waals surface area contributed by atoms with Crippen molar-refractivity contribution in [2.24, 2.45) is 0 Å². The molecule has 0 aromatic carbocycles. The Morgan fingerprint density at radius 1 is 1.00 bits per heavy atom. The average Bonchev–Trinajstić information content (AvgIpc) is 1.78. The van der Waals surface area contributed by atoms with E-state index in [1.54, 1.807) is 0 Å². The minimum Gasteiger partial charge on any atom is -0.460 e. The van der Waals surface area contributed by atoms with Crippen LogP contribution in [-0.4, -0.2) is 23.8 Å². The second-order valence-electron chi connectivity index (χ2n) is 5.30. The lowest BCUT2D eigenvalue weighted by Crippen LogP contribution is -2.26. The van der Waals surface area contributed by atoms with Crippen LogP contribution < -0.4 is 0 Å². The summed E-state index contributed by atoms with van der Waals surface area (Å²) in [5.41, 5.74) is -0.596. The van der Waals surface area contributed by atoms with Gasteiger partial charge in [-0.3, -0.25) is 4.79 Å². The summed E-state index contributed by atoms with van der Waals surface area (Å²) in [6.45, 7) is 11.9. The fourth-order valence-electron chi connectivity index (χ4n) is 0.833. The topological polar surface area (TPSA) is 35.5 Å². The van der Waals surface area contributed by atoms with Crippen molar-refractivity contribution >= 4 is 5.97 Å². The van der Waals surface area contributed by atoms with E-state index in [0.717, 1.165) is 0 Å². The van der Waals surface area contributed by atoms with Gasteiger partial charge in [-0.05, 0) is 41.5 Å². The number of esters is 1. The Morgan fingerprint density at radius 3 is 1.86 bits per heavy atom. The molecule has 0 aliphatic heterocycles. The average molecular weight is 202 g/mol. The molecule has 0 aliphatic rings. The first-order chi connectivity index (χ1) is 6.10. The number of hydrogen-bond donors (Lipinski definition) is 0. The zero-order valence-electron chi connectivity index (χ0n) is 10.1. The fraction of sp³-hybridized carbons (Fsp3) is 0.909. The van der Waals surface area contributed by atoms with Crippen molar-refractivity contribution < 1.29 is 14.3 Å². The van der Waals surface area contributed by atoms with Gasteiger partial charge in [-0.2, -0.15) is 0 Å². The van der Waals surface area contributed by atoms with E-state index in [1.807, 2.05) is 41.5 Å². The van der Waals surface area contributed by atoms with Crippen LogP contribution in [0.1, 0.15) is 48.0 Å². The Bertz CT molecular complexity index is 184. The van der Waals surface area contributed by atoms with Gasteiger partial charge in [0.25, 0.3) is 0 Å². The fourth-order valence-corrected chi connectivity index (χ4v) is 0.833. The highest BCUT2D eigenvalue weighted by Gasteiger charge is 2.17. The van der Waals surface area contributed by atoms with Crippen LogP contribution >= 0.6 is 0 Å². The molecule has 0 amide bonds. The summed E-state index contributed by atoms with van der Waals surface area (Å²) in [5, 5.41) is 0. The molecule has 0 bridgehead atoms. The lowest BCUT2D eigenvalue weighted by molar-refractivity contribution is -0.157. The van der Waals surface area contributed by atoms with Crippen molar-refractivity contribution in [1.29, 1.82) is 0 Å². The predicted octanol–water partition coefficient (Wildman–Crippen LogP) is 2.53. The summed E-state index contributed by atoms with van der Waals surface area (Å²) in [6.07, 6.45) is 0.314. The number of hydrogen-bond acceptors (Lipinski definition) is 3. The molecule has 3 heteroatoms. The molecule has 0 aromatic heterocycles. The van der Waals surface area contributed by atoms with Gasteiger partial charge in [-0.1, -0.05) is 0 Å². The Balaban J connectivity index is 3.66. The van der Waals surface area contributed by atoms with E-state index < -0.39 is 5.60 Å². The molecule has 14 heavy (non-hydrogen) atoms. The molecular weight excluding hydrogens is 180 g/mol. The Labute approximate surface area is 86.8 Å². The van der Waals surface area contributed by atoms with Gasteiger partial charge >= 0.3 is 5.97 Å². The third-order valence-corrected chi connectivity index (χ3v) is 1.26. The normalized spacial score (nSPS) is 12.7. The molecule has 0 atom stereocenters. The maximum atomic E-state index is 11.2. The van der Waals surface area contributed by atoms with Crippen LogP contribution in [0, 0.1) is 0 Å². The van der Waals surface area contributed by atoms with Gasteiger partial charge in [0.15, 0.2) is 0 Å². The van der Waals surface area contributed by atoms with Gasteiger partial charge < -0.3 is 9.47 Å². The number of carbonyl (C=O) groups is 1. The van der Waals surface area contributed by atoms with E-state index in [1.165, 1.54) is 0 Å². The molecule has 0 aliphatic carbocycles. The minimum absolute atomic E-state index is 0.192. The van der Waals surface area contributed by atoms with Crippen LogP contribution in [0.15, 0.2) is 0 Å². The van der Waals surface area contributed by atoms with Crippen LogP contribution in [0.2, 0.25) is 0 Å². The van der Waals surface area contributed by atoms with Crippen molar-refractivity contribution in [2.45, 2.75) is 59.2 Å². The molecule has 0 spiro atoms. The maximum absolute atomic E-state index is 11.2. The van der Waals surface area contributed by atoms with Crippen LogP contribution in [0.5, 0.6) is 0 Å². The largest absolute Gasteiger partial charge is 0.460 e. The Hall–Kier alpha value is -0.570. The molecule has 0 aromatic rings. The predicted molar refractivity (Wildman–Crippen MR) is 56.2 cm³/mol. The molecule has 0 saturated heterocycles. The zero-order chi connectivity index (χ0) is 11.4. The van der Waals surface area contributed by atoms with Gasteiger partial charge in [-0.15, -0.1) is 0 Å². The number of carbonyl (C=O) groups excluding carboxylic acids is 1. The molecule has 0 fully saturated rings. The SMILES string of the molecule is CC(C)(C)OCCC(=O)OC(C)(C)C. The van der Waals surface area contributed by atoms with Gasteiger partial charge in [0, 0.05) is 0 Å². The summed E-state index contributed by atoms with van der Waals surface area (Å²) < 4.78 is 10.5. The van der Waals surface area contributed by atoms with Crippen molar-refractivity contribution in [1.82, 2.24) is 0 Å². The van der Waals surface area contributed by atoms with Crippen molar-refractivity contribution in [3.8, 4) is 0 Å². The quantitative estimate of drug-likeness (QED) is 0.660. The molecule has 0 saturated carbocycles. The van der Waals surface area contributed by atoms with E-state index in [0.29, 0.717) is 13.0 Å². The lowest BCUT2D eigenvalue weighted by Gasteiger charge is -2.21. The van der Waals surface area contributed by atoms with Gasteiger partial charge in [-0.25, -0.2) is 0 Å². The Kier molecular flexibility index (Phi) is 4.59. The lowest BCUT2D eigenvalue weighted by atomic mass is 10.2. The van der Waals surface area contributed by atoms with E-state index in [-0.39, 0.29) is 11.6 Å². The van der Waals surface area contributed by atoms with E-state index >= 15 is 0 Å². The number of ether oxygens (including phenoxy) is 2. The van der Waals surface area contributed by atoms with Crippen LogP contribution in [0.3, 0.4) is 0 Å². The summed E-state index contributed by atoms with van der Waals surface area (Å²) >= 11 is 0. The maximum Gasteiger partial charge on any atom is 0.308 e. The van der Waals surface area contributed by atoms with E-state index in [2.05, 4.69) is 0 Å². The highest BCUT2D eigenvalue weighted by atomic mass is 16.6. The Morgan fingerprint density at radius 2 is 1.50 bits per heavy atom. The molecule has 0 rings (SSSR count). The highest BCUT2D eigenvalue weighted by molar-refractivity contribution is 5.69. The third kappa shape index (κ3) is 9.52. The van der Waals surface area contributed by atoms with Crippen molar-refractivity contribution in [3.05, 3.63) is 0 Å². The molecule has 0 unspecified atom stereocenters. The summed E-state index contributed by atoms with van der Waals surface area (Å²) in [4.78, 5) is 11.2. The van der Waals surface area contributed by atoms with Gasteiger partial charge in [0.05, 0.1) is 18.6 Å². The third-order valence-electron chi connectivity index (χ3n) is 1.26. The first-order valence-corrected chi connectivity index (χ1v) is 4.96. The smallest absolute Gasteiger partial charge is 0.308 e. The molecule has 84 valence electrons. The monoisotopic (exact) mass is 202 g/mol. The molecule has 3 nitrogen and oxygen atoms in total. The molecule has 0 N–H and O–H groups in total. The summed E-state index contributed by atoms with van der Waals surface area (Å²) in [6, 6.07) is 0. The van der Waals surface area contributed by atoms with Crippen LogP contribution in [0.4, 0.5) is 0 Å². The zero-order valence-corrected chi connectivity index (χ0v) is 10.1. The molecular formula is C11H22O3. The molecule has 0 heterocycles. The summed E-state index contributed by atoms with van der Waals surface area (Å²) in [7, 11) is 0.